The Morgan fingerprint density at radius 2 is 1.95 bits per heavy atom. The lowest BCUT2D eigenvalue weighted by Crippen LogP contribution is -2.58. The summed E-state index contributed by atoms with van der Waals surface area (Å²) in [5.41, 5.74) is -0.420. The van der Waals surface area contributed by atoms with Crippen molar-refractivity contribution in [3.63, 3.8) is 0 Å². The number of hydrogen-bond donors (Lipinski definition) is 1. The number of aliphatic hydroxyl groups is 1. The molecule has 0 radical (unpaired) electrons. The third kappa shape index (κ3) is 3.61. The molecular weight excluding hydrogens is 259 g/mol. The molecule has 0 amide bonds. The van der Waals surface area contributed by atoms with Gasteiger partial charge in [0, 0.05) is 19.1 Å². The molecule has 3 nitrogen and oxygen atoms in total. The fraction of sp³-hybridized carbons (Fsp3) is 1.00. The summed E-state index contributed by atoms with van der Waals surface area (Å²) in [5, 5.41) is 9.70. The van der Waals surface area contributed by atoms with Crippen LogP contribution in [0.1, 0.15) is 33.1 Å². The number of aliphatic hydroxyl groups excluding tert-OH is 1. The smallest absolute Gasteiger partial charge is 0.393 e. The second kappa shape index (κ2) is 5.22. The van der Waals surface area contributed by atoms with Crippen LogP contribution in [0, 0.1) is 5.92 Å². The molecule has 19 heavy (non-hydrogen) atoms. The highest BCUT2D eigenvalue weighted by Gasteiger charge is 2.50. The lowest BCUT2D eigenvalue weighted by molar-refractivity contribution is -0.214. The first-order valence-electron chi connectivity index (χ1n) is 6.82. The maximum absolute atomic E-state index is 13.1. The van der Waals surface area contributed by atoms with Crippen LogP contribution in [0.2, 0.25) is 0 Å². The van der Waals surface area contributed by atoms with E-state index in [2.05, 4.69) is 0 Å². The topological polar surface area (TPSA) is 32.7 Å². The van der Waals surface area contributed by atoms with E-state index in [0.717, 1.165) is 0 Å². The summed E-state index contributed by atoms with van der Waals surface area (Å²) in [7, 11) is 0. The van der Waals surface area contributed by atoms with E-state index in [1.54, 1.807) is 0 Å². The third-order valence-electron chi connectivity index (χ3n) is 4.13. The zero-order chi connectivity index (χ0) is 14.3. The fourth-order valence-electron chi connectivity index (χ4n) is 3.25. The summed E-state index contributed by atoms with van der Waals surface area (Å²) >= 11 is 0. The van der Waals surface area contributed by atoms with E-state index in [1.807, 2.05) is 18.7 Å². The van der Waals surface area contributed by atoms with Crippen LogP contribution in [0.4, 0.5) is 13.2 Å². The Morgan fingerprint density at radius 3 is 2.53 bits per heavy atom. The maximum Gasteiger partial charge on any atom is 0.393 e. The van der Waals surface area contributed by atoms with Crippen LogP contribution in [-0.2, 0) is 4.74 Å². The molecular formula is C13H22F3NO2. The van der Waals surface area contributed by atoms with Gasteiger partial charge in [0.05, 0.1) is 24.2 Å². The minimum atomic E-state index is -4.19. The summed E-state index contributed by atoms with van der Waals surface area (Å²) < 4.78 is 44.9. The molecule has 1 N–H and O–H groups in total. The van der Waals surface area contributed by atoms with Crippen LogP contribution in [0.3, 0.4) is 0 Å². The van der Waals surface area contributed by atoms with E-state index in [-0.39, 0.29) is 19.3 Å². The Morgan fingerprint density at radius 1 is 1.26 bits per heavy atom. The zero-order valence-electron chi connectivity index (χ0n) is 11.4. The number of rotatable bonds is 1. The van der Waals surface area contributed by atoms with Crippen LogP contribution in [0.25, 0.3) is 0 Å². The quantitative estimate of drug-likeness (QED) is 0.799. The SMILES string of the molecule is CC1(C)CN(C2CC(O)CCC2C(F)(F)F)CCO1. The van der Waals surface area contributed by atoms with Gasteiger partial charge in [-0.3, -0.25) is 4.90 Å². The first-order valence-corrected chi connectivity index (χ1v) is 6.82. The average molecular weight is 281 g/mol. The van der Waals surface area contributed by atoms with Crippen molar-refractivity contribution >= 4 is 0 Å². The van der Waals surface area contributed by atoms with Crippen molar-refractivity contribution in [2.75, 3.05) is 19.7 Å². The molecule has 2 rings (SSSR count). The Bertz CT molecular complexity index is 320. The lowest BCUT2D eigenvalue weighted by Gasteiger charge is -2.47. The predicted octanol–water partition coefficient (Wildman–Crippen LogP) is 2.19. The summed E-state index contributed by atoms with van der Waals surface area (Å²) in [4.78, 5) is 1.85. The number of hydrogen-bond acceptors (Lipinski definition) is 3. The molecule has 2 fully saturated rings. The number of morpholine rings is 1. The minimum absolute atomic E-state index is 0.0210. The van der Waals surface area contributed by atoms with Crippen molar-refractivity contribution in [2.24, 2.45) is 5.92 Å². The zero-order valence-corrected chi connectivity index (χ0v) is 11.4. The third-order valence-corrected chi connectivity index (χ3v) is 4.13. The normalized spacial score (nSPS) is 37.3. The number of ether oxygens (including phenoxy) is 1. The highest BCUT2D eigenvalue weighted by atomic mass is 19.4. The van der Waals surface area contributed by atoms with Crippen LogP contribution < -0.4 is 0 Å². The summed E-state index contributed by atoms with van der Waals surface area (Å²) in [5.74, 6) is -1.33. The fourth-order valence-corrected chi connectivity index (χ4v) is 3.25. The highest BCUT2D eigenvalue weighted by Crippen LogP contribution is 2.41. The van der Waals surface area contributed by atoms with Gasteiger partial charge in [-0.15, -0.1) is 0 Å². The summed E-state index contributed by atoms with van der Waals surface area (Å²) in [6.45, 7) is 5.22. The Hall–Kier alpha value is -0.330. The molecule has 1 aliphatic heterocycles. The molecule has 0 spiro atoms. The van der Waals surface area contributed by atoms with Gasteiger partial charge in [-0.05, 0) is 33.1 Å². The van der Waals surface area contributed by atoms with Gasteiger partial charge in [-0.25, -0.2) is 0 Å². The first kappa shape index (κ1) is 15.1. The van der Waals surface area contributed by atoms with E-state index in [9.17, 15) is 18.3 Å². The van der Waals surface area contributed by atoms with Gasteiger partial charge in [0.1, 0.15) is 0 Å². The molecule has 3 unspecified atom stereocenters. The molecule has 112 valence electrons. The number of alkyl halides is 3. The maximum atomic E-state index is 13.1. The minimum Gasteiger partial charge on any atom is -0.393 e. The van der Waals surface area contributed by atoms with E-state index in [1.165, 1.54) is 0 Å². The van der Waals surface area contributed by atoms with Crippen LogP contribution >= 0.6 is 0 Å². The highest BCUT2D eigenvalue weighted by molar-refractivity contribution is 4.93. The summed E-state index contributed by atoms with van der Waals surface area (Å²) in [6, 6.07) is -0.619. The number of nitrogens with zero attached hydrogens (tertiary/aromatic N) is 1. The molecule has 0 bridgehead atoms. The van der Waals surface area contributed by atoms with Crippen molar-refractivity contribution in [3.8, 4) is 0 Å². The van der Waals surface area contributed by atoms with E-state index < -0.39 is 29.8 Å². The van der Waals surface area contributed by atoms with Gasteiger partial charge < -0.3 is 9.84 Å². The van der Waals surface area contributed by atoms with E-state index in [0.29, 0.717) is 19.7 Å². The van der Waals surface area contributed by atoms with Crippen molar-refractivity contribution in [1.29, 1.82) is 0 Å². The van der Waals surface area contributed by atoms with E-state index >= 15 is 0 Å². The van der Waals surface area contributed by atoms with Crippen molar-refractivity contribution < 1.29 is 23.0 Å². The molecule has 6 heteroatoms. The molecule has 3 atom stereocenters. The first-order chi connectivity index (χ1) is 8.69. The average Bonchev–Trinajstić information content (AvgIpc) is 2.25. The Labute approximate surface area is 111 Å². The Kier molecular flexibility index (Phi) is 4.14. The molecule has 1 saturated carbocycles. The van der Waals surface area contributed by atoms with Gasteiger partial charge in [-0.1, -0.05) is 0 Å². The van der Waals surface area contributed by atoms with Gasteiger partial charge in [0.15, 0.2) is 0 Å². The molecule has 1 saturated heterocycles. The van der Waals surface area contributed by atoms with Crippen LogP contribution in [0.15, 0.2) is 0 Å². The molecule has 1 aliphatic carbocycles. The molecule has 0 aromatic rings. The summed E-state index contributed by atoms with van der Waals surface area (Å²) in [6.07, 6.45) is -4.33. The second-order valence-electron chi connectivity index (χ2n) is 6.26. The molecule has 1 heterocycles. The number of halogens is 3. The standard InChI is InChI=1S/C13H22F3NO2/c1-12(2)8-17(5-6-19-12)11-7-9(18)3-4-10(11)13(14,15)16/h9-11,18H,3-8H2,1-2H3. The van der Waals surface area contributed by atoms with Gasteiger partial charge in [-0.2, -0.15) is 13.2 Å². The molecule has 0 aromatic heterocycles. The van der Waals surface area contributed by atoms with Crippen LogP contribution in [-0.4, -0.2) is 53.6 Å². The second-order valence-corrected chi connectivity index (χ2v) is 6.26. The largest absolute Gasteiger partial charge is 0.393 e. The Balaban J connectivity index is 2.13. The lowest BCUT2D eigenvalue weighted by atomic mass is 9.81. The van der Waals surface area contributed by atoms with Crippen molar-refractivity contribution in [2.45, 2.75) is 57.0 Å². The monoisotopic (exact) mass is 281 g/mol. The van der Waals surface area contributed by atoms with Gasteiger partial charge in [0.2, 0.25) is 0 Å². The predicted molar refractivity (Wildman–Crippen MR) is 64.8 cm³/mol. The van der Waals surface area contributed by atoms with E-state index in [4.69, 9.17) is 4.74 Å². The van der Waals surface area contributed by atoms with Crippen LogP contribution in [0.5, 0.6) is 0 Å². The van der Waals surface area contributed by atoms with Crippen molar-refractivity contribution in [3.05, 3.63) is 0 Å². The van der Waals surface area contributed by atoms with Crippen molar-refractivity contribution in [1.82, 2.24) is 4.90 Å². The van der Waals surface area contributed by atoms with Gasteiger partial charge >= 0.3 is 6.18 Å². The molecule has 2 aliphatic rings. The molecule has 0 aromatic carbocycles. The van der Waals surface area contributed by atoms with Gasteiger partial charge in [0.25, 0.3) is 0 Å².